The zero-order chi connectivity index (χ0) is 25.2. The summed E-state index contributed by atoms with van der Waals surface area (Å²) in [5, 5.41) is 5.10. The summed E-state index contributed by atoms with van der Waals surface area (Å²) in [4.78, 5) is 12.6. The minimum absolute atomic E-state index is 0.387. The smallest absolute Gasteiger partial charge is 0.260 e. The van der Waals surface area contributed by atoms with Crippen LogP contribution in [0.4, 0.5) is 5.69 Å². The standard InChI is InChI=1S/C24H26Cl2N4O3S/c1-15-7-6-8-16(2)24(15)29(34(5,32)33)14-23(31)28-27-13-19-9-17(3)30(18(19)4)22-11-20(25)10-21(26)12-22/h6-13H,14H2,1-5H3,(H,28,31)/b27-13-. The normalized spacial score (nSPS) is 11.7. The van der Waals surface area contributed by atoms with Crippen LogP contribution in [0.2, 0.25) is 10.0 Å². The fourth-order valence-corrected chi connectivity index (χ4v) is 5.37. The number of benzene rings is 2. The third kappa shape index (κ3) is 5.81. The molecule has 34 heavy (non-hydrogen) atoms. The molecule has 0 spiro atoms. The molecule has 3 aromatic rings. The maximum absolute atomic E-state index is 12.6. The van der Waals surface area contributed by atoms with E-state index < -0.39 is 15.9 Å². The molecule has 2 aromatic carbocycles. The average Bonchev–Trinajstić information content (AvgIpc) is 2.98. The molecule has 1 amide bonds. The Balaban J connectivity index is 1.79. The first-order valence-corrected chi connectivity index (χ1v) is 13.0. The Kier molecular flexibility index (Phi) is 7.75. The van der Waals surface area contributed by atoms with E-state index in [2.05, 4.69) is 10.5 Å². The van der Waals surface area contributed by atoms with Gasteiger partial charge in [-0.2, -0.15) is 5.10 Å². The predicted molar refractivity (Wildman–Crippen MR) is 139 cm³/mol. The highest BCUT2D eigenvalue weighted by Crippen LogP contribution is 2.27. The van der Waals surface area contributed by atoms with E-state index in [0.717, 1.165) is 44.3 Å². The molecule has 0 fully saturated rings. The van der Waals surface area contributed by atoms with E-state index >= 15 is 0 Å². The lowest BCUT2D eigenvalue weighted by Crippen LogP contribution is -2.39. The van der Waals surface area contributed by atoms with Crippen LogP contribution in [0.15, 0.2) is 47.6 Å². The van der Waals surface area contributed by atoms with Gasteiger partial charge in [0.15, 0.2) is 0 Å². The molecular formula is C24H26Cl2N4O3S. The molecule has 0 aliphatic heterocycles. The number of hydrogen-bond donors (Lipinski definition) is 1. The molecule has 3 rings (SSSR count). The number of hydrogen-bond acceptors (Lipinski definition) is 4. The quantitative estimate of drug-likeness (QED) is 0.353. The Morgan fingerprint density at radius 1 is 1.06 bits per heavy atom. The number of aryl methyl sites for hydroxylation is 3. The second-order valence-electron chi connectivity index (χ2n) is 8.09. The molecule has 0 atom stereocenters. The van der Waals surface area contributed by atoms with Gasteiger partial charge in [0.25, 0.3) is 5.91 Å². The fourth-order valence-electron chi connectivity index (χ4n) is 3.88. The average molecular weight is 521 g/mol. The minimum atomic E-state index is -3.69. The van der Waals surface area contributed by atoms with Crippen molar-refractivity contribution in [3.63, 3.8) is 0 Å². The van der Waals surface area contributed by atoms with E-state index in [4.69, 9.17) is 23.2 Å². The van der Waals surface area contributed by atoms with Crippen LogP contribution in [-0.2, 0) is 14.8 Å². The number of sulfonamides is 1. The summed E-state index contributed by atoms with van der Waals surface area (Å²) >= 11 is 12.3. The zero-order valence-electron chi connectivity index (χ0n) is 19.6. The van der Waals surface area contributed by atoms with Gasteiger partial charge in [-0.15, -0.1) is 0 Å². The fraction of sp³-hybridized carbons (Fsp3) is 0.250. The van der Waals surface area contributed by atoms with Crippen LogP contribution < -0.4 is 9.73 Å². The summed E-state index contributed by atoms with van der Waals surface area (Å²) in [5.41, 5.74) is 7.85. The van der Waals surface area contributed by atoms with Gasteiger partial charge in [-0.05, 0) is 63.1 Å². The molecule has 1 N–H and O–H groups in total. The number of hydrazone groups is 1. The highest BCUT2D eigenvalue weighted by Gasteiger charge is 2.23. The molecule has 10 heteroatoms. The lowest BCUT2D eigenvalue weighted by molar-refractivity contribution is -0.119. The van der Waals surface area contributed by atoms with Crippen molar-refractivity contribution in [2.75, 3.05) is 17.1 Å². The number of amides is 1. The van der Waals surface area contributed by atoms with Crippen molar-refractivity contribution in [2.24, 2.45) is 5.10 Å². The first-order valence-electron chi connectivity index (χ1n) is 10.4. The molecule has 0 unspecified atom stereocenters. The first kappa shape index (κ1) is 25.8. The van der Waals surface area contributed by atoms with Gasteiger partial charge in [-0.25, -0.2) is 13.8 Å². The van der Waals surface area contributed by atoms with Crippen molar-refractivity contribution in [1.29, 1.82) is 0 Å². The Morgan fingerprint density at radius 3 is 2.21 bits per heavy atom. The number of anilines is 1. The lowest BCUT2D eigenvalue weighted by atomic mass is 10.1. The van der Waals surface area contributed by atoms with E-state index in [1.807, 2.05) is 42.7 Å². The maximum atomic E-state index is 12.6. The molecule has 0 aliphatic rings. The lowest BCUT2D eigenvalue weighted by Gasteiger charge is -2.25. The largest absolute Gasteiger partial charge is 0.318 e. The molecular weight excluding hydrogens is 495 g/mol. The van der Waals surface area contributed by atoms with E-state index in [9.17, 15) is 13.2 Å². The molecule has 1 aromatic heterocycles. The van der Waals surface area contributed by atoms with Gasteiger partial charge >= 0.3 is 0 Å². The summed E-state index contributed by atoms with van der Waals surface area (Å²) in [6.07, 6.45) is 2.60. The summed E-state index contributed by atoms with van der Waals surface area (Å²) in [5.74, 6) is -0.556. The second-order valence-corrected chi connectivity index (χ2v) is 10.9. The molecule has 0 radical (unpaired) electrons. The van der Waals surface area contributed by atoms with Gasteiger partial charge < -0.3 is 4.57 Å². The van der Waals surface area contributed by atoms with E-state index in [1.54, 1.807) is 32.0 Å². The Labute approximate surface area is 210 Å². The van der Waals surface area contributed by atoms with Crippen LogP contribution in [-0.4, -0.2) is 37.9 Å². The first-order chi connectivity index (χ1) is 15.9. The molecule has 0 saturated carbocycles. The highest BCUT2D eigenvalue weighted by atomic mass is 35.5. The number of para-hydroxylation sites is 1. The van der Waals surface area contributed by atoms with Gasteiger partial charge in [0.05, 0.1) is 18.2 Å². The van der Waals surface area contributed by atoms with Crippen molar-refractivity contribution in [1.82, 2.24) is 9.99 Å². The summed E-state index contributed by atoms with van der Waals surface area (Å²) in [6, 6.07) is 12.6. The number of rotatable bonds is 7. The number of nitrogens with zero attached hydrogens (tertiary/aromatic N) is 3. The van der Waals surface area contributed by atoms with Crippen LogP contribution in [0, 0.1) is 27.7 Å². The maximum Gasteiger partial charge on any atom is 0.260 e. The van der Waals surface area contributed by atoms with Crippen molar-refractivity contribution in [3.05, 3.63) is 80.6 Å². The molecule has 1 heterocycles. The van der Waals surface area contributed by atoms with E-state index in [0.29, 0.717) is 15.7 Å². The van der Waals surface area contributed by atoms with Gasteiger partial charge in [0, 0.05) is 32.7 Å². The number of nitrogens with one attached hydrogen (secondary N) is 1. The van der Waals surface area contributed by atoms with Gasteiger partial charge in [-0.3, -0.25) is 9.10 Å². The van der Waals surface area contributed by atoms with E-state index in [-0.39, 0.29) is 6.54 Å². The van der Waals surface area contributed by atoms with Crippen molar-refractivity contribution >= 4 is 51.0 Å². The van der Waals surface area contributed by atoms with Crippen molar-refractivity contribution < 1.29 is 13.2 Å². The van der Waals surface area contributed by atoms with Crippen LogP contribution in [0.5, 0.6) is 0 Å². The molecule has 0 bridgehead atoms. The summed E-state index contributed by atoms with van der Waals surface area (Å²) < 4.78 is 27.9. The van der Waals surface area contributed by atoms with Crippen molar-refractivity contribution in [3.8, 4) is 5.69 Å². The monoisotopic (exact) mass is 520 g/mol. The third-order valence-electron chi connectivity index (χ3n) is 5.35. The Hall–Kier alpha value is -2.81. The molecule has 0 aliphatic carbocycles. The SMILES string of the molecule is Cc1cccc(C)c1N(CC(=O)N/N=C\c1cc(C)n(-c2cc(Cl)cc(Cl)c2)c1C)S(C)(=O)=O. The van der Waals surface area contributed by atoms with E-state index in [1.165, 1.54) is 6.21 Å². The zero-order valence-corrected chi connectivity index (χ0v) is 21.9. The molecule has 180 valence electrons. The number of halogens is 2. The molecule has 0 saturated heterocycles. The van der Waals surface area contributed by atoms with Gasteiger partial charge in [0.1, 0.15) is 6.54 Å². The number of aromatic nitrogens is 1. The highest BCUT2D eigenvalue weighted by molar-refractivity contribution is 7.92. The van der Waals surface area contributed by atoms with Crippen LogP contribution in [0.25, 0.3) is 5.69 Å². The number of carbonyl (C=O) groups is 1. The van der Waals surface area contributed by atoms with Gasteiger partial charge in [-0.1, -0.05) is 41.4 Å². The third-order valence-corrected chi connectivity index (χ3v) is 6.89. The molecule has 7 nitrogen and oxygen atoms in total. The predicted octanol–water partition coefficient (Wildman–Crippen LogP) is 4.93. The number of carbonyl (C=O) groups excluding carboxylic acids is 1. The topological polar surface area (TPSA) is 83.8 Å². The Bertz CT molecular complexity index is 1340. The van der Waals surface area contributed by atoms with Crippen LogP contribution in [0.3, 0.4) is 0 Å². The minimum Gasteiger partial charge on any atom is -0.318 e. The van der Waals surface area contributed by atoms with Crippen LogP contribution in [0.1, 0.15) is 28.1 Å². The van der Waals surface area contributed by atoms with Crippen LogP contribution >= 0.6 is 23.2 Å². The summed E-state index contributed by atoms with van der Waals surface area (Å²) in [7, 11) is -3.69. The van der Waals surface area contributed by atoms with Crippen molar-refractivity contribution in [2.45, 2.75) is 27.7 Å². The van der Waals surface area contributed by atoms with Gasteiger partial charge in [0.2, 0.25) is 10.0 Å². The second kappa shape index (κ2) is 10.2. The Morgan fingerprint density at radius 2 is 1.65 bits per heavy atom. The summed E-state index contributed by atoms with van der Waals surface area (Å²) in [6.45, 7) is 7.07.